The summed E-state index contributed by atoms with van der Waals surface area (Å²) in [5.41, 5.74) is 5.70. The normalized spacial score (nSPS) is 13.6. The molecular weight excluding hydrogens is 233 g/mol. The van der Waals surface area contributed by atoms with Crippen LogP contribution in [0.1, 0.15) is 18.5 Å². The Balaban J connectivity index is 3.60. The number of hydrogen-bond donors (Lipinski definition) is 1. The third-order valence-electron chi connectivity index (χ3n) is 2.17. The summed E-state index contributed by atoms with van der Waals surface area (Å²) in [7, 11) is -2.40. The quantitative estimate of drug-likeness (QED) is 0.873. The monoisotopic (exact) mass is 247 g/mol. The summed E-state index contributed by atoms with van der Waals surface area (Å²) in [4.78, 5) is -0.440. The molecule has 0 saturated heterocycles. The average Bonchev–Trinajstić information content (AvgIpc) is 2.14. The van der Waals surface area contributed by atoms with Crippen molar-refractivity contribution < 1.29 is 17.5 Å². The molecule has 0 bridgehead atoms. The number of benzene rings is 1. The Bertz CT molecular complexity index is 497. The third-order valence-corrected chi connectivity index (χ3v) is 3.29. The molecule has 4 nitrogen and oxygen atoms in total. The molecule has 1 unspecified atom stereocenters. The number of nitrogens with two attached hydrogens (primary N) is 1. The molecule has 1 rings (SSSR count). The Labute approximate surface area is 94.1 Å². The van der Waals surface area contributed by atoms with Gasteiger partial charge in [0.2, 0.25) is 0 Å². The van der Waals surface area contributed by atoms with E-state index in [1.54, 1.807) is 6.92 Å². The van der Waals surface area contributed by atoms with Crippen molar-refractivity contribution in [1.82, 2.24) is 0 Å². The molecular formula is C10H14FNO3S. The summed E-state index contributed by atoms with van der Waals surface area (Å²) in [6, 6.07) is 2.25. The number of ether oxygens (including phenoxy) is 1. The maximum absolute atomic E-state index is 13.9. The van der Waals surface area contributed by atoms with E-state index in [1.807, 2.05) is 0 Å². The van der Waals surface area contributed by atoms with Crippen LogP contribution in [0.15, 0.2) is 17.0 Å². The highest BCUT2D eigenvalue weighted by molar-refractivity contribution is 7.90. The van der Waals surface area contributed by atoms with E-state index in [0.717, 1.165) is 6.26 Å². The predicted molar refractivity (Wildman–Crippen MR) is 58.7 cm³/mol. The minimum Gasteiger partial charge on any atom is -0.495 e. The van der Waals surface area contributed by atoms with Crippen molar-refractivity contribution >= 4 is 9.84 Å². The van der Waals surface area contributed by atoms with Crippen LogP contribution in [0.3, 0.4) is 0 Å². The molecule has 0 radical (unpaired) electrons. The lowest BCUT2D eigenvalue weighted by Crippen LogP contribution is -2.12. The van der Waals surface area contributed by atoms with Crippen LogP contribution in [-0.2, 0) is 9.84 Å². The first-order chi connectivity index (χ1) is 7.29. The molecule has 0 heterocycles. The summed E-state index contributed by atoms with van der Waals surface area (Å²) in [6.07, 6.45) is 0.929. The standard InChI is InChI=1S/C10H14FNO3S/c1-6(12)7-4-5-8(15-2)10(9(7)11)16(3,13)14/h4-6H,12H2,1-3H3. The van der Waals surface area contributed by atoms with Gasteiger partial charge in [-0.25, -0.2) is 12.8 Å². The lowest BCUT2D eigenvalue weighted by molar-refractivity contribution is 0.393. The number of sulfone groups is 1. The molecule has 16 heavy (non-hydrogen) atoms. The van der Waals surface area contributed by atoms with E-state index in [2.05, 4.69) is 0 Å². The van der Waals surface area contributed by atoms with Crippen LogP contribution < -0.4 is 10.5 Å². The van der Waals surface area contributed by atoms with Gasteiger partial charge in [-0.05, 0) is 13.0 Å². The van der Waals surface area contributed by atoms with E-state index in [-0.39, 0.29) is 11.3 Å². The average molecular weight is 247 g/mol. The first-order valence-electron chi connectivity index (χ1n) is 4.61. The number of hydrogen-bond acceptors (Lipinski definition) is 4. The minimum atomic E-state index is -3.69. The van der Waals surface area contributed by atoms with Crippen LogP contribution >= 0.6 is 0 Å². The minimum absolute atomic E-state index is 0.00981. The van der Waals surface area contributed by atoms with Crippen LogP contribution in [0, 0.1) is 5.82 Å². The van der Waals surface area contributed by atoms with Gasteiger partial charge in [0.25, 0.3) is 0 Å². The topological polar surface area (TPSA) is 69.4 Å². The zero-order valence-electron chi connectivity index (χ0n) is 9.32. The fourth-order valence-electron chi connectivity index (χ4n) is 1.41. The highest BCUT2D eigenvalue weighted by atomic mass is 32.2. The van der Waals surface area contributed by atoms with Gasteiger partial charge in [-0.2, -0.15) is 0 Å². The summed E-state index contributed by atoms with van der Waals surface area (Å²) in [5, 5.41) is 0. The molecule has 0 spiro atoms. The van der Waals surface area contributed by atoms with E-state index in [0.29, 0.717) is 0 Å². The first kappa shape index (κ1) is 12.9. The lowest BCUT2D eigenvalue weighted by Gasteiger charge is -2.13. The second kappa shape index (κ2) is 4.39. The van der Waals surface area contributed by atoms with Gasteiger partial charge in [-0.15, -0.1) is 0 Å². The van der Waals surface area contributed by atoms with Gasteiger partial charge in [0.1, 0.15) is 16.5 Å². The lowest BCUT2D eigenvalue weighted by atomic mass is 10.1. The number of rotatable bonds is 3. The van der Waals surface area contributed by atoms with E-state index < -0.39 is 26.6 Å². The molecule has 2 N–H and O–H groups in total. The van der Waals surface area contributed by atoms with Crippen LogP contribution in [0.5, 0.6) is 5.75 Å². The van der Waals surface area contributed by atoms with Crippen molar-refractivity contribution in [1.29, 1.82) is 0 Å². The molecule has 0 aliphatic carbocycles. The van der Waals surface area contributed by atoms with Gasteiger partial charge in [0, 0.05) is 17.9 Å². The number of halogens is 1. The summed E-state index contributed by atoms with van der Waals surface area (Å²) in [6.45, 7) is 1.58. The molecule has 0 amide bonds. The van der Waals surface area contributed by atoms with Crippen molar-refractivity contribution in [2.75, 3.05) is 13.4 Å². The molecule has 1 aromatic rings. The zero-order valence-corrected chi connectivity index (χ0v) is 10.1. The Hall–Kier alpha value is -1.14. The molecule has 0 aromatic heterocycles. The molecule has 1 atom stereocenters. The summed E-state index contributed by atoms with van der Waals surface area (Å²) >= 11 is 0. The predicted octanol–water partition coefficient (Wildman–Crippen LogP) is 1.26. The van der Waals surface area contributed by atoms with Crippen molar-refractivity contribution in [3.8, 4) is 5.75 Å². The second-order valence-electron chi connectivity index (χ2n) is 3.56. The molecule has 0 aliphatic rings. The van der Waals surface area contributed by atoms with Crippen LogP contribution in [0.4, 0.5) is 4.39 Å². The van der Waals surface area contributed by atoms with E-state index >= 15 is 0 Å². The van der Waals surface area contributed by atoms with Crippen LogP contribution in [0.2, 0.25) is 0 Å². The highest BCUT2D eigenvalue weighted by Crippen LogP contribution is 2.30. The Morgan fingerprint density at radius 2 is 2.00 bits per heavy atom. The van der Waals surface area contributed by atoms with Crippen LogP contribution in [-0.4, -0.2) is 21.8 Å². The van der Waals surface area contributed by atoms with Crippen LogP contribution in [0.25, 0.3) is 0 Å². The molecule has 0 saturated carbocycles. The smallest absolute Gasteiger partial charge is 0.182 e. The van der Waals surface area contributed by atoms with Crippen molar-refractivity contribution in [2.24, 2.45) is 5.73 Å². The van der Waals surface area contributed by atoms with Gasteiger partial charge in [-0.1, -0.05) is 6.07 Å². The molecule has 1 aromatic carbocycles. The maximum Gasteiger partial charge on any atom is 0.182 e. The highest BCUT2D eigenvalue weighted by Gasteiger charge is 2.23. The third kappa shape index (κ3) is 2.33. The summed E-state index contributed by atoms with van der Waals surface area (Å²) < 4.78 is 41.6. The van der Waals surface area contributed by atoms with Gasteiger partial charge >= 0.3 is 0 Å². The molecule has 90 valence electrons. The van der Waals surface area contributed by atoms with Crippen molar-refractivity contribution in [3.63, 3.8) is 0 Å². The molecule has 0 aliphatic heterocycles. The van der Waals surface area contributed by atoms with Crippen molar-refractivity contribution in [2.45, 2.75) is 17.9 Å². The largest absolute Gasteiger partial charge is 0.495 e. The maximum atomic E-state index is 13.9. The Morgan fingerprint density at radius 1 is 1.44 bits per heavy atom. The Morgan fingerprint density at radius 3 is 2.38 bits per heavy atom. The van der Waals surface area contributed by atoms with Gasteiger partial charge in [-0.3, -0.25) is 0 Å². The zero-order chi connectivity index (χ0) is 12.5. The SMILES string of the molecule is COc1ccc(C(C)N)c(F)c1S(C)(=O)=O. The molecule has 6 heteroatoms. The summed E-state index contributed by atoms with van der Waals surface area (Å²) in [5.74, 6) is -0.846. The van der Waals surface area contributed by atoms with Gasteiger partial charge in [0.05, 0.1) is 7.11 Å². The van der Waals surface area contributed by atoms with E-state index in [4.69, 9.17) is 10.5 Å². The van der Waals surface area contributed by atoms with E-state index in [9.17, 15) is 12.8 Å². The fourth-order valence-corrected chi connectivity index (χ4v) is 2.37. The second-order valence-corrected chi connectivity index (χ2v) is 5.51. The number of methoxy groups -OCH3 is 1. The van der Waals surface area contributed by atoms with E-state index in [1.165, 1.54) is 19.2 Å². The fraction of sp³-hybridized carbons (Fsp3) is 0.400. The molecule has 0 fully saturated rings. The first-order valence-corrected chi connectivity index (χ1v) is 6.50. The Kier molecular flexibility index (Phi) is 3.54. The van der Waals surface area contributed by atoms with Gasteiger partial charge in [0.15, 0.2) is 9.84 Å². The van der Waals surface area contributed by atoms with Gasteiger partial charge < -0.3 is 10.5 Å². The van der Waals surface area contributed by atoms with Crippen molar-refractivity contribution in [3.05, 3.63) is 23.5 Å².